The van der Waals surface area contributed by atoms with E-state index in [1.165, 1.54) is 18.2 Å². The Labute approximate surface area is 174 Å². The Hall–Kier alpha value is -1.49. The summed E-state index contributed by atoms with van der Waals surface area (Å²) in [6.07, 6.45) is 1.50. The number of sulfonamides is 1. The van der Waals surface area contributed by atoms with Crippen LogP contribution in [-0.2, 0) is 14.8 Å². The van der Waals surface area contributed by atoms with E-state index in [1.807, 2.05) is 4.83 Å². The van der Waals surface area contributed by atoms with Crippen LogP contribution in [-0.4, -0.2) is 23.7 Å². The first-order valence-electron chi connectivity index (χ1n) is 7.19. The molecule has 2 aromatic carbocycles. The number of benzene rings is 2. The predicted molar refractivity (Wildman–Crippen MR) is 108 cm³/mol. The van der Waals surface area contributed by atoms with Crippen molar-refractivity contribution in [2.75, 3.05) is 0 Å². The molecule has 0 atom stereocenters. The lowest BCUT2D eigenvalue weighted by Gasteiger charge is -2.16. The van der Waals surface area contributed by atoms with Crippen molar-refractivity contribution in [3.63, 3.8) is 0 Å². The van der Waals surface area contributed by atoms with Gasteiger partial charge in [0.25, 0.3) is 15.9 Å². The van der Waals surface area contributed by atoms with Crippen LogP contribution >= 0.6 is 47.2 Å². The maximum atomic E-state index is 13.8. The van der Waals surface area contributed by atoms with E-state index < -0.39 is 26.6 Å². The molecule has 0 aromatic heterocycles. The third kappa shape index (κ3) is 4.34. The zero-order chi connectivity index (χ0) is 19.8. The predicted octanol–water partition coefficient (Wildman–Crippen LogP) is 4.23. The van der Waals surface area contributed by atoms with E-state index in [-0.39, 0.29) is 9.23 Å². The molecule has 0 aliphatic carbocycles. The Kier molecular flexibility index (Phi) is 5.90. The Balaban J connectivity index is 1.87. The number of rotatable bonds is 4. The minimum absolute atomic E-state index is 0.0359. The third-order valence-corrected chi connectivity index (χ3v) is 6.75. The van der Waals surface area contributed by atoms with Crippen LogP contribution in [0.2, 0.25) is 10.0 Å². The highest BCUT2D eigenvalue weighted by molar-refractivity contribution is 8.26. The summed E-state index contributed by atoms with van der Waals surface area (Å²) in [6.45, 7) is 0. The van der Waals surface area contributed by atoms with Crippen LogP contribution in [0.5, 0.6) is 0 Å². The molecule has 1 aliphatic rings. The van der Waals surface area contributed by atoms with Crippen LogP contribution in [0.1, 0.15) is 5.56 Å². The second-order valence-electron chi connectivity index (χ2n) is 5.22. The summed E-state index contributed by atoms with van der Waals surface area (Å²) in [5.74, 6) is -1.63. The molecule has 1 N–H and O–H groups in total. The molecule has 0 spiro atoms. The Morgan fingerprint density at radius 1 is 1.15 bits per heavy atom. The smallest absolute Gasteiger partial charge is 0.267 e. The van der Waals surface area contributed by atoms with E-state index >= 15 is 0 Å². The topological polar surface area (TPSA) is 66.5 Å². The highest BCUT2D eigenvalue weighted by Gasteiger charge is 2.36. The summed E-state index contributed by atoms with van der Waals surface area (Å²) in [4.78, 5) is 14.1. The fraction of sp³-hybridized carbons (Fsp3) is 0. The van der Waals surface area contributed by atoms with Gasteiger partial charge in [0.05, 0.1) is 15.0 Å². The summed E-state index contributed by atoms with van der Waals surface area (Å²) in [5, 5.41) is 1.35. The van der Waals surface area contributed by atoms with Crippen LogP contribution in [0.25, 0.3) is 6.08 Å². The molecule has 1 amide bonds. The van der Waals surface area contributed by atoms with Crippen molar-refractivity contribution in [3.8, 4) is 0 Å². The molecule has 5 nitrogen and oxygen atoms in total. The highest BCUT2D eigenvalue weighted by Crippen LogP contribution is 2.33. The van der Waals surface area contributed by atoms with E-state index in [4.69, 9.17) is 35.4 Å². The van der Waals surface area contributed by atoms with Crippen LogP contribution < -0.4 is 4.83 Å². The van der Waals surface area contributed by atoms with Crippen molar-refractivity contribution in [3.05, 3.63) is 68.8 Å². The molecule has 27 heavy (non-hydrogen) atoms. The quantitative estimate of drug-likeness (QED) is 0.543. The number of hydrogen-bond donors (Lipinski definition) is 1. The van der Waals surface area contributed by atoms with Gasteiger partial charge in [-0.1, -0.05) is 65.4 Å². The van der Waals surface area contributed by atoms with Gasteiger partial charge in [0.15, 0.2) is 4.32 Å². The van der Waals surface area contributed by atoms with Gasteiger partial charge in [-0.2, -0.15) is 0 Å². The molecular weight excluding hydrogens is 454 g/mol. The van der Waals surface area contributed by atoms with Gasteiger partial charge in [0.1, 0.15) is 10.7 Å². The van der Waals surface area contributed by atoms with Gasteiger partial charge in [-0.05, 0) is 35.9 Å². The highest BCUT2D eigenvalue weighted by atomic mass is 35.5. The summed E-state index contributed by atoms with van der Waals surface area (Å²) in [7, 11) is -4.34. The fourth-order valence-electron chi connectivity index (χ4n) is 2.13. The summed E-state index contributed by atoms with van der Waals surface area (Å²) < 4.78 is 38.5. The van der Waals surface area contributed by atoms with E-state index in [9.17, 15) is 17.6 Å². The molecule has 11 heteroatoms. The molecule has 1 saturated heterocycles. The SMILES string of the molecule is O=C1/C(=C\c2ccc(Cl)c(Cl)c2)SC(=S)N1NS(=O)(=O)c1ccccc1F. The van der Waals surface area contributed by atoms with Crippen LogP contribution in [0.15, 0.2) is 52.3 Å². The number of nitrogens with zero attached hydrogens (tertiary/aromatic N) is 1. The maximum absolute atomic E-state index is 13.8. The number of amides is 1. The van der Waals surface area contributed by atoms with Crippen LogP contribution in [0, 0.1) is 5.82 Å². The standard InChI is InChI=1S/C16H9Cl2FN2O3S3/c17-10-6-5-9(7-11(10)18)8-13-15(22)21(16(25)26-13)20-27(23,24)14-4-2-1-3-12(14)19/h1-8,20H/b13-8+. The third-order valence-electron chi connectivity index (χ3n) is 3.37. The van der Waals surface area contributed by atoms with Crippen molar-refractivity contribution in [1.82, 2.24) is 9.84 Å². The molecule has 3 rings (SSSR count). The minimum atomic E-state index is -4.34. The lowest BCUT2D eigenvalue weighted by Crippen LogP contribution is -2.44. The van der Waals surface area contributed by atoms with Crippen molar-refractivity contribution in [2.45, 2.75) is 4.90 Å². The van der Waals surface area contributed by atoms with Gasteiger partial charge in [-0.15, -0.1) is 4.83 Å². The number of thiocarbonyl (C=S) groups is 1. The van der Waals surface area contributed by atoms with E-state index in [0.29, 0.717) is 20.6 Å². The number of carbonyl (C=O) groups excluding carboxylic acids is 1. The molecule has 1 aliphatic heterocycles. The van der Waals surface area contributed by atoms with Crippen molar-refractivity contribution < 1.29 is 17.6 Å². The molecule has 1 heterocycles. The lowest BCUT2D eigenvalue weighted by atomic mass is 10.2. The molecular formula is C16H9Cl2FN2O3S3. The normalized spacial score (nSPS) is 16.4. The summed E-state index contributed by atoms with van der Waals surface area (Å²) >= 11 is 17.8. The van der Waals surface area contributed by atoms with E-state index in [2.05, 4.69) is 0 Å². The van der Waals surface area contributed by atoms with Gasteiger partial charge < -0.3 is 0 Å². The first-order valence-corrected chi connectivity index (χ1v) is 10.7. The second-order valence-corrected chi connectivity index (χ2v) is 9.34. The minimum Gasteiger partial charge on any atom is -0.267 e. The Morgan fingerprint density at radius 2 is 1.85 bits per heavy atom. The van der Waals surface area contributed by atoms with Crippen LogP contribution in [0.3, 0.4) is 0 Å². The Morgan fingerprint density at radius 3 is 2.52 bits per heavy atom. The zero-order valence-corrected chi connectivity index (χ0v) is 17.1. The number of thioether (sulfide) groups is 1. The largest absolute Gasteiger partial charge is 0.281 e. The number of hydrogen-bond acceptors (Lipinski definition) is 5. The van der Waals surface area contributed by atoms with Gasteiger partial charge in [-0.3, -0.25) is 4.79 Å². The first-order chi connectivity index (χ1) is 12.7. The lowest BCUT2D eigenvalue weighted by molar-refractivity contribution is -0.123. The second kappa shape index (κ2) is 7.86. The molecule has 2 aromatic rings. The zero-order valence-electron chi connectivity index (χ0n) is 13.1. The van der Waals surface area contributed by atoms with E-state index in [0.717, 1.165) is 23.9 Å². The summed E-state index contributed by atoms with van der Waals surface area (Å²) in [5.41, 5.74) is 0.585. The first kappa shape index (κ1) is 20.2. The van der Waals surface area contributed by atoms with Crippen LogP contribution in [0.4, 0.5) is 4.39 Å². The van der Waals surface area contributed by atoms with Crippen molar-refractivity contribution in [1.29, 1.82) is 0 Å². The van der Waals surface area contributed by atoms with Gasteiger partial charge >= 0.3 is 0 Å². The molecule has 0 radical (unpaired) electrons. The van der Waals surface area contributed by atoms with Gasteiger partial charge in [0.2, 0.25) is 0 Å². The average Bonchev–Trinajstić information content (AvgIpc) is 2.85. The van der Waals surface area contributed by atoms with E-state index in [1.54, 1.807) is 18.2 Å². The van der Waals surface area contributed by atoms with Crippen molar-refractivity contribution >= 4 is 73.5 Å². The van der Waals surface area contributed by atoms with Gasteiger partial charge in [0, 0.05) is 0 Å². The monoisotopic (exact) mass is 462 g/mol. The molecule has 140 valence electrons. The molecule has 0 saturated carbocycles. The number of hydrazine groups is 1. The number of halogens is 3. The average molecular weight is 463 g/mol. The summed E-state index contributed by atoms with van der Waals surface area (Å²) in [6, 6.07) is 9.57. The molecule has 0 unspecified atom stereocenters. The Bertz CT molecular complexity index is 1090. The fourth-order valence-corrected chi connectivity index (χ4v) is 4.83. The number of carbonyl (C=O) groups is 1. The molecule has 1 fully saturated rings. The number of nitrogens with one attached hydrogen (secondary N) is 1. The van der Waals surface area contributed by atoms with Crippen molar-refractivity contribution in [2.24, 2.45) is 0 Å². The molecule has 0 bridgehead atoms. The maximum Gasteiger partial charge on any atom is 0.281 e. The van der Waals surface area contributed by atoms with Gasteiger partial charge in [-0.25, -0.2) is 17.8 Å².